The van der Waals surface area contributed by atoms with Crippen molar-refractivity contribution in [2.24, 2.45) is 11.3 Å². The van der Waals surface area contributed by atoms with Gasteiger partial charge in [0.15, 0.2) is 0 Å². The summed E-state index contributed by atoms with van der Waals surface area (Å²) in [6.45, 7) is 2.69. The van der Waals surface area contributed by atoms with E-state index in [1.807, 2.05) is 20.6 Å². The number of carbonyl (C=O) groups is 1. The minimum Gasteiger partial charge on any atom is -0.384 e. The highest BCUT2D eigenvalue weighted by Gasteiger charge is 2.50. The smallest absolute Gasteiger partial charge is 0.384 e. The summed E-state index contributed by atoms with van der Waals surface area (Å²) in [6, 6.07) is 7.29. The molecule has 0 aliphatic carbocycles. The van der Waals surface area contributed by atoms with E-state index >= 15 is 0 Å². The first-order valence-electron chi connectivity index (χ1n) is 9.94. The number of carbonyl (C=O) groups excluding carboxylic acids is 1. The largest absolute Gasteiger partial charge is 0.417 e. The van der Waals surface area contributed by atoms with E-state index in [1.54, 1.807) is 25.3 Å². The Morgan fingerprint density at radius 3 is 2.81 bits per heavy atom. The average molecular weight is 449 g/mol. The normalized spacial score (nSPS) is 23.5. The fourth-order valence-electron chi connectivity index (χ4n) is 4.82. The molecular weight excluding hydrogens is 427 g/mol. The Morgan fingerprint density at radius 1 is 1.35 bits per heavy atom. The molecule has 2 fully saturated rings. The molecule has 0 unspecified atom stereocenters. The first-order chi connectivity index (χ1) is 14.8. The zero-order valence-electron chi connectivity index (χ0n) is 17.0. The highest BCUT2D eigenvalue weighted by atomic mass is 32.1. The second-order valence-corrected chi connectivity index (χ2v) is 9.01. The molecule has 2 aliphatic rings. The lowest BCUT2D eigenvalue weighted by Gasteiger charge is -2.42. The SMILES string of the molecule is COC[C@@]12CCN(C(=O)c3ccsc3)C[C@@H]1CN(c1ccc(C#N)c(C(F)(F)F)c1)C2. The van der Waals surface area contributed by atoms with Gasteiger partial charge in [0.2, 0.25) is 0 Å². The molecule has 0 radical (unpaired) electrons. The van der Waals surface area contributed by atoms with Gasteiger partial charge < -0.3 is 14.5 Å². The second kappa shape index (κ2) is 8.17. The zero-order valence-corrected chi connectivity index (χ0v) is 17.8. The summed E-state index contributed by atoms with van der Waals surface area (Å²) in [6.07, 6.45) is -3.87. The maximum atomic E-state index is 13.4. The maximum absolute atomic E-state index is 13.4. The third kappa shape index (κ3) is 4.02. The minimum atomic E-state index is -4.60. The number of alkyl halides is 3. The number of anilines is 1. The van der Waals surface area contributed by atoms with Gasteiger partial charge in [0.1, 0.15) is 0 Å². The van der Waals surface area contributed by atoms with Crippen molar-refractivity contribution in [3.8, 4) is 6.07 Å². The van der Waals surface area contributed by atoms with E-state index < -0.39 is 11.7 Å². The Bertz CT molecular complexity index is 1000. The quantitative estimate of drug-likeness (QED) is 0.700. The average Bonchev–Trinajstić information content (AvgIpc) is 3.40. The molecule has 1 amide bonds. The van der Waals surface area contributed by atoms with Gasteiger partial charge in [0, 0.05) is 55.7 Å². The van der Waals surface area contributed by atoms with Crippen LogP contribution < -0.4 is 4.90 Å². The van der Waals surface area contributed by atoms with Crippen molar-refractivity contribution in [2.75, 3.05) is 44.8 Å². The van der Waals surface area contributed by atoms with Crippen LogP contribution in [0, 0.1) is 22.7 Å². The summed E-state index contributed by atoms with van der Waals surface area (Å²) < 4.78 is 45.8. The minimum absolute atomic E-state index is 0.0107. The van der Waals surface area contributed by atoms with Crippen LogP contribution in [0.4, 0.5) is 18.9 Å². The molecule has 31 heavy (non-hydrogen) atoms. The lowest BCUT2D eigenvalue weighted by molar-refractivity contribution is -0.137. The van der Waals surface area contributed by atoms with E-state index in [9.17, 15) is 18.0 Å². The topological polar surface area (TPSA) is 56.6 Å². The predicted molar refractivity (Wildman–Crippen MR) is 111 cm³/mol. The number of halogens is 3. The maximum Gasteiger partial charge on any atom is 0.417 e. The summed E-state index contributed by atoms with van der Waals surface area (Å²) in [7, 11) is 1.63. The van der Waals surface area contributed by atoms with Crippen LogP contribution in [0.5, 0.6) is 0 Å². The third-order valence-electron chi connectivity index (χ3n) is 6.41. The van der Waals surface area contributed by atoms with Crippen LogP contribution in [0.1, 0.15) is 27.9 Å². The molecule has 0 bridgehead atoms. The van der Waals surface area contributed by atoms with E-state index in [0.29, 0.717) is 44.0 Å². The number of nitrogens with zero attached hydrogens (tertiary/aromatic N) is 3. The van der Waals surface area contributed by atoms with Crippen molar-refractivity contribution in [3.05, 3.63) is 51.7 Å². The molecule has 0 spiro atoms. The van der Waals surface area contributed by atoms with Gasteiger partial charge >= 0.3 is 6.18 Å². The molecule has 0 N–H and O–H groups in total. The van der Waals surface area contributed by atoms with Gasteiger partial charge in [-0.3, -0.25) is 4.79 Å². The number of likely N-dealkylation sites (tertiary alicyclic amines) is 1. The van der Waals surface area contributed by atoms with Crippen LogP contribution >= 0.6 is 11.3 Å². The Kier molecular flexibility index (Phi) is 5.71. The Labute approximate surface area is 182 Å². The second-order valence-electron chi connectivity index (χ2n) is 8.23. The Hall–Kier alpha value is -2.57. The highest BCUT2D eigenvalue weighted by Crippen LogP contribution is 2.45. The number of methoxy groups -OCH3 is 1. The van der Waals surface area contributed by atoms with E-state index in [4.69, 9.17) is 10.00 Å². The monoisotopic (exact) mass is 449 g/mol. The summed E-state index contributed by atoms with van der Waals surface area (Å²) in [4.78, 5) is 16.6. The van der Waals surface area contributed by atoms with Crippen LogP contribution in [-0.2, 0) is 10.9 Å². The van der Waals surface area contributed by atoms with Crippen LogP contribution in [0.25, 0.3) is 0 Å². The first kappa shape index (κ1) is 21.7. The van der Waals surface area contributed by atoms with Gasteiger partial charge in [-0.25, -0.2) is 0 Å². The van der Waals surface area contributed by atoms with E-state index in [2.05, 4.69) is 0 Å². The Morgan fingerprint density at radius 2 is 2.16 bits per heavy atom. The number of hydrogen-bond donors (Lipinski definition) is 0. The standard InChI is InChI=1S/C22H22F3N3O2S/c1-30-14-21-5-6-27(20(29)16-4-7-31-12-16)10-17(21)11-28(13-21)18-3-2-15(9-26)19(8-18)22(23,24)25/h2-4,7-8,12,17H,5-6,10-11,13-14H2,1H3/t17-,21+/m1/s1. The van der Waals surface area contributed by atoms with Gasteiger partial charge in [0.25, 0.3) is 5.91 Å². The predicted octanol–water partition coefficient (Wildman–Crippen LogP) is 4.25. The molecule has 9 heteroatoms. The molecule has 1 aromatic heterocycles. The molecule has 3 heterocycles. The zero-order chi connectivity index (χ0) is 22.2. The molecule has 5 nitrogen and oxygen atoms in total. The van der Waals surface area contributed by atoms with Crippen molar-refractivity contribution < 1.29 is 22.7 Å². The number of nitriles is 1. The highest BCUT2D eigenvalue weighted by molar-refractivity contribution is 7.08. The molecule has 2 saturated heterocycles. The summed E-state index contributed by atoms with van der Waals surface area (Å²) >= 11 is 1.47. The molecule has 0 saturated carbocycles. The number of rotatable bonds is 4. The van der Waals surface area contributed by atoms with E-state index in [1.165, 1.54) is 17.4 Å². The lowest BCUT2D eigenvalue weighted by atomic mass is 9.73. The van der Waals surface area contributed by atoms with Crippen molar-refractivity contribution in [1.82, 2.24) is 4.90 Å². The molecular formula is C22H22F3N3O2S. The number of benzene rings is 1. The lowest BCUT2D eigenvalue weighted by Crippen LogP contribution is -2.50. The molecule has 2 aromatic rings. The van der Waals surface area contributed by atoms with E-state index in [0.717, 1.165) is 12.5 Å². The molecule has 4 rings (SSSR count). The number of piperidine rings is 1. The number of hydrogen-bond acceptors (Lipinski definition) is 5. The van der Waals surface area contributed by atoms with Gasteiger partial charge in [-0.05, 0) is 36.1 Å². The van der Waals surface area contributed by atoms with Gasteiger partial charge in [-0.2, -0.15) is 29.8 Å². The summed E-state index contributed by atoms with van der Waals surface area (Å²) in [5, 5.41) is 12.8. The van der Waals surface area contributed by atoms with Gasteiger partial charge in [0.05, 0.1) is 29.4 Å². The van der Waals surface area contributed by atoms with Gasteiger partial charge in [-0.1, -0.05) is 0 Å². The van der Waals surface area contributed by atoms with Crippen LogP contribution in [0.15, 0.2) is 35.0 Å². The first-order valence-corrected chi connectivity index (χ1v) is 10.9. The fourth-order valence-corrected chi connectivity index (χ4v) is 5.45. The third-order valence-corrected chi connectivity index (χ3v) is 7.10. The van der Waals surface area contributed by atoms with Gasteiger partial charge in [-0.15, -0.1) is 0 Å². The van der Waals surface area contributed by atoms with Crippen molar-refractivity contribution >= 4 is 22.9 Å². The number of ether oxygens (including phenoxy) is 1. The Balaban J connectivity index is 1.60. The summed E-state index contributed by atoms with van der Waals surface area (Å²) in [5.74, 6) is 0.0669. The molecule has 2 atom stereocenters. The fraction of sp³-hybridized carbons (Fsp3) is 0.455. The number of amides is 1. The van der Waals surface area contributed by atoms with Crippen molar-refractivity contribution in [2.45, 2.75) is 12.6 Å². The van der Waals surface area contributed by atoms with Crippen LogP contribution in [-0.4, -0.2) is 50.7 Å². The van der Waals surface area contributed by atoms with Crippen LogP contribution in [0.3, 0.4) is 0 Å². The van der Waals surface area contributed by atoms with Crippen LogP contribution in [0.2, 0.25) is 0 Å². The number of fused-ring (bicyclic) bond motifs is 1. The molecule has 1 aromatic carbocycles. The summed E-state index contributed by atoms with van der Waals surface area (Å²) in [5.41, 5.74) is -0.427. The van der Waals surface area contributed by atoms with Crippen molar-refractivity contribution in [1.29, 1.82) is 5.26 Å². The van der Waals surface area contributed by atoms with E-state index in [-0.39, 0.29) is 22.8 Å². The number of thiophene rings is 1. The van der Waals surface area contributed by atoms with Crippen molar-refractivity contribution in [3.63, 3.8) is 0 Å². The molecule has 2 aliphatic heterocycles. The molecule has 164 valence electrons.